The molecule has 0 N–H and O–H groups in total. The molecule has 0 radical (unpaired) electrons. The zero-order chi connectivity index (χ0) is 21.0. The zero-order valence-corrected chi connectivity index (χ0v) is 18.6. The Morgan fingerprint density at radius 2 is 1.30 bits per heavy atom. The zero-order valence-electron chi connectivity index (χ0n) is 18.6. The highest BCUT2D eigenvalue weighted by molar-refractivity contribution is 5.64. The van der Waals surface area contributed by atoms with Crippen LogP contribution in [0.2, 0.25) is 0 Å². The Morgan fingerprint density at radius 3 is 1.93 bits per heavy atom. The lowest BCUT2D eigenvalue weighted by Gasteiger charge is -2.08. The van der Waals surface area contributed by atoms with Gasteiger partial charge in [-0.3, -0.25) is 4.98 Å². The van der Waals surface area contributed by atoms with Crippen LogP contribution in [0.1, 0.15) is 62.8 Å². The highest BCUT2D eigenvalue weighted by atomic mass is 16.5. The van der Waals surface area contributed by atoms with Crippen LogP contribution in [0.4, 0.5) is 0 Å². The molecule has 3 aromatic rings. The molecule has 2 nitrogen and oxygen atoms in total. The molecule has 0 aliphatic heterocycles. The molecular formula is C28H35NO. The maximum Gasteiger partial charge on any atom is 0.119 e. The molecule has 1 heterocycles. The maximum atomic E-state index is 5.67. The van der Waals surface area contributed by atoms with Crippen LogP contribution in [-0.4, -0.2) is 11.6 Å². The fourth-order valence-electron chi connectivity index (χ4n) is 3.60. The van der Waals surface area contributed by atoms with Crippen LogP contribution in [0.5, 0.6) is 5.75 Å². The van der Waals surface area contributed by atoms with Crippen molar-refractivity contribution in [2.75, 3.05) is 6.61 Å². The van der Waals surface area contributed by atoms with Crippen molar-refractivity contribution in [3.8, 4) is 16.9 Å². The van der Waals surface area contributed by atoms with Crippen LogP contribution in [0, 0.1) is 0 Å². The van der Waals surface area contributed by atoms with E-state index in [1.54, 1.807) is 0 Å². The predicted octanol–water partition coefficient (Wildman–Crippen LogP) is 7.45. The van der Waals surface area contributed by atoms with Crippen molar-refractivity contribution in [3.63, 3.8) is 0 Å². The van der Waals surface area contributed by atoms with E-state index < -0.39 is 0 Å². The first-order chi connectivity index (χ1) is 14.8. The number of pyridine rings is 1. The van der Waals surface area contributed by atoms with Crippen molar-refractivity contribution in [1.82, 2.24) is 4.98 Å². The smallest absolute Gasteiger partial charge is 0.119 e. The molecule has 3 rings (SSSR count). The molecule has 0 amide bonds. The number of aryl methyl sites for hydroxylation is 3. The van der Waals surface area contributed by atoms with Crippen LogP contribution in [0.15, 0.2) is 66.9 Å². The summed E-state index contributed by atoms with van der Waals surface area (Å²) < 4.78 is 5.67. The molecule has 0 saturated heterocycles. The quantitative estimate of drug-likeness (QED) is 0.294. The predicted molar refractivity (Wildman–Crippen MR) is 127 cm³/mol. The van der Waals surface area contributed by atoms with E-state index in [2.05, 4.69) is 85.7 Å². The summed E-state index contributed by atoms with van der Waals surface area (Å²) in [6.45, 7) is 5.14. The fraction of sp³-hybridized carbons (Fsp3) is 0.393. The number of unbranched alkanes of at least 4 members (excludes halogenated alkanes) is 3. The van der Waals surface area contributed by atoms with E-state index in [-0.39, 0.29) is 0 Å². The first kappa shape index (κ1) is 22.1. The molecule has 0 atom stereocenters. The molecule has 158 valence electrons. The van der Waals surface area contributed by atoms with Crippen molar-refractivity contribution in [2.24, 2.45) is 0 Å². The van der Waals surface area contributed by atoms with Gasteiger partial charge < -0.3 is 4.74 Å². The van der Waals surface area contributed by atoms with Gasteiger partial charge in [0.2, 0.25) is 0 Å². The third kappa shape index (κ3) is 7.02. The largest absolute Gasteiger partial charge is 0.494 e. The highest BCUT2D eigenvalue weighted by Crippen LogP contribution is 2.23. The van der Waals surface area contributed by atoms with Crippen molar-refractivity contribution in [1.29, 1.82) is 0 Å². The summed E-state index contributed by atoms with van der Waals surface area (Å²) in [6, 6.07) is 21.8. The minimum absolute atomic E-state index is 0.769. The van der Waals surface area contributed by atoms with Crippen LogP contribution in [0.25, 0.3) is 11.1 Å². The van der Waals surface area contributed by atoms with Crippen LogP contribution in [0.3, 0.4) is 0 Å². The second-order valence-electron chi connectivity index (χ2n) is 8.04. The van der Waals surface area contributed by atoms with Gasteiger partial charge in [-0.1, -0.05) is 75.6 Å². The summed E-state index contributed by atoms with van der Waals surface area (Å²) in [7, 11) is 0. The van der Waals surface area contributed by atoms with Gasteiger partial charge in [0, 0.05) is 11.9 Å². The number of nitrogens with zero attached hydrogens (tertiary/aromatic N) is 1. The average Bonchev–Trinajstić information content (AvgIpc) is 2.81. The molecule has 0 fully saturated rings. The Balaban J connectivity index is 1.48. The first-order valence-corrected chi connectivity index (χ1v) is 11.5. The van der Waals surface area contributed by atoms with Crippen molar-refractivity contribution in [3.05, 3.63) is 83.7 Å². The molecule has 2 heteroatoms. The van der Waals surface area contributed by atoms with E-state index in [0.29, 0.717) is 0 Å². The van der Waals surface area contributed by atoms with Crippen LogP contribution >= 0.6 is 0 Å². The van der Waals surface area contributed by atoms with Gasteiger partial charge in [0.05, 0.1) is 6.61 Å². The van der Waals surface area contributed by atoms with Crippen molar-refractivity contribution >= 4 is 0 Å². The molecule has 2 aromatic carbocycles. The Hall–Kier alpha value is -2.61. The Bertz CT molecular complexity index is 851. The Morgan fingerprint density at radius 1 is 0.633 bits per heavy atom. The molecule has 0 aliphatic carbocycles. The van der Waals surface area contributed by atoms with Crippen molar-refractivity contribution in [2.45, 2.75) is 65.2 Å². The van der Waals surface area contributed by atoms with Gasteiger partial charge in [0.25, 0.3) is 0 Å². The lowest BCUT2D eigenvalue weighted by atomic mass is 10.0. The molecule has 30 heavy (non-hydrogen) atoms. The first-order valence-electron chi connectivity index (χ1n) is 11.5. The van der Waals surface area contributed by atoms with E-state index in [1.807, 2.05) is 0 Å². The number of hydrogen-bond donors (Lipinski definition) is 0. The second kappa shape index (κ2) is 12.2. The van der Waals surface area contributed by atoms with E-state index >= 15 is 0 Å². The number of rotatable bonds is 12. The third-order valence-electron chi connectivity index (χ3n) is 5.49. The molecule has 0 spiro atoms. The summed E-state index contributed by atoms with van der Waals surface area (Å²) in [5, 5.41) is 0. The van der Waals surface area contributed by atoms with Gasteiger partial charge in [-0.05, 0) is 72.6 Å². The summed E-state index contributed by atoms with van der Waals surface area (Å²) in [5.41, 5.74) is 6.38. The van der Waals surface area contributed by atoms with Gasteiger partial charge in [-0.25, -0.2) is 0 Å². The van der Waals surface area contributed by atoms with Gasteiger partial charge in [0.1, 0.15) is 5.75 Å². The highest BCUT2D eigenvalue weighted by Gasteiger charge is 2.02. The SMILES string of the molecule is CCCCCCc1ccc(CCc2ccc(-c3ccc(OCCC)cc3)cc2)cn1. The van der Waals surface area contributed by atoms with Gasteiger partial charge >= 0.3 is 0 Å². The summed E-state index contributed by atoms with van der Waals surface area (Å²) in [4.78, 5) is 4.66. The second-order valence-corrected chi connectivity index (χ2v) is 8.04. The molecule has 0 unspecified atom stereocenters. The Labute approximate surface area is 182 Å². The minimum atomic E-state index is 0.769. The number of benzene rings is 2. The molecule has 0 bridgehead atoms. The summed E-state index contributed by atoms with van der Waals surface area (Å²) in [6.07, 6.45) is 11.5. The third-order valence-corrected chi connectivity index (χ3v) is 5.49. The number of aromatic nitrogens is 1. The van der Waals surface area contributed by atoms with E-state index in [0.717, 1.165) is 38.0 Å². The fourth-order valence-corrected chi connectivity index (χ4v) is 3.60. The van der Waals surface area contributed by atoms with Gasteiger partial charge in [-0.2, -0.15) is 0 Å². The summed E-state index contributed by atoms with van der Waals surface area (Å²) >= 11 is 0. The minimum Gasteiger partial charge on any atom is -0.494 e. The molecule has 0 aliphatic rings. The van der Waals surface area contributed by atoms with Crippen molar-refractivity contribution < 1.29 is 4.74 Å². The van der Waals surface area contributed by atoms with Gasteiger partial charge in [-0.15, -0.1) is 0 Å². The Kier molecular flexibility index (Phi) is 8.96. The van der Waals surface area contributed by atoms with Gasteiger partial charge in [0.15, 0.2) is 0 Å². The van der Waals surface area contributed by atoms with E-state index in [4.69, 9.17) is 4.74 Å². The lowest BCUT2D eigenvalue weighted by molar-refractivity contribution is 0.317. The monoisotopic (exact) mass is 401 g/mol. The normalized spacial score (nSPS) is 10.9. The summed E-state index contributed by atoms with van der Waals surface area (Å²) in [5.74, 6) is 0.942. The number of hydrogen-bond acceptors (Lipinski definition) is 2. The number of ether oxygens (including phenoxy) is 1. The molecule has 0 saturated carbocycles. The lowest BCUT2D eigenvalue weighted by Crippen LogP contribution is -1.95. The molecule has 1 aromatic heterocycles. The van der Waals surface area contributed by atoms with Crippen LogP contribution in [-0.2, 0) is 19.3 Å². The standard InChI is InChI=1S/C28H35NO/c1-3-5-6-7-8-27-18-13-24(22-29-27)10-9-23-11-14-25(15-12-23)26-16-19-28(20-17-26)30-21-4-2/h11-20,22H,3-10,21H2,1-2H3. The van der Waals surface area contributed by atoms with E-state index in [1.165, 1.54) is 53.6 Å². The molecular weight excluding hydrogens is 366 g/mol. The average molecular weight is 402 g/mol. The van der Waals surface area contributed by atoms with E-state index in [9.17, 15) is 0 Å². The maximum absolute atomic E-state index is 5.67. The van der Waals surface area contributed by atoms with Crippen LogP contribution < -0.4 is 4.74 Å². The topological polar surface area (TPSA) is 22.1 Å².